The summed E-state index contributed by atoms with van der Waals surface area (Å²) >= 11 is 0. The number of benzene rings is 1. The molecule has 0 radical (unpaired) electrons. The van der Waals surface area contributed by atoms with Crippen molar-refractivity contribution >= 4 is 15.7 Å². The Balaban J connectivity index is 1.88. The van der Waals surface area contributed by atoms with E-state index in [9.17, 15) is 8.42 Å². The lowest BCUT2D eigenvalue weighted by atomic mass is 10.3. The summed E-state index contributed by atoms with van der Waals surface area (Å²) in [6.45, 7) is 0.942. The topological polar surface area (TPSA) is 93.3 Å². The summed E-state index contributed by atoms with van der Waals surface area (Å²) in [5, 5.41) is 6.07. The van der Waals surface area contributed by atoms with Crippen molar-refractivity contribution in [3.8, 4) is 11.5 Å². The number of sulfonamides is 1. The van der Waals surface area contributed by atoms with Crippen LogP contribution in [0, 0.1) is 0 Å². The molecule has 1 aromatic heterocycles. The van der Waals surface area contributed by atoms with Crippen LogP contribution >= 0.6 is 0 Å². The maximum Gasteiger partial charge on any atom is 0.265 e. The maximum atomic E-state index is 12.0. The number of ether oxygens (including phenoxy) is 2. The highest BCUT2D eigenvalue weighted by molar-refractivity contribution is 7.92. The van der Waals surface area contributed by atoms with Gasteiger partial charge < -0.3 is 9.47 Å². The minimum absolute atomic E-state index is 0.0717. The average molecular weight is 281 g/mol. The first kappa shape index (κ1) is 11.8. The van der Waals surface area contributed by atoms with Crippen molar-refractivity contribution in [2.45, 2.75) is 4.90 Å². The average Bonchev–Trinajstić information content (AvgIpc) is 2.93. The van der Waals surface area contributed by atoms with Gasteiger partial charge in [0.25, 0.3) is 10.0 Å². The molecular weight excluding hydrogens is 270 g/mol. The van der Waals surface area contributed by atoms with E-state index in [0.717, 1.165) is 0 Å². The predicted octanol–water partition coefficient (Wildman–Crippen LogP) is 0.982. The van der Waals surface area contributed by atoms with Crippen LogP contribution in [0.15, 0.2) is 35.5 Å². The number of rotatable bonds is 3. The largest absolute Gasteiger partial charge is 0.486 e. The zero-order chi connectivity index (χ0) is 13.3. The third-order valence-electron chi connectivity index (χ3n) is 2.58. The van der Waals surface area contributed by atoms with Gasteiger partial charge in [0.05, 0.1) is 11.9 Å². The molecule has 2 heterocycles. The highest BCUT2D eigenvalue weighted by Crippen LogP contribution is 2.33. The zero-order valence-electron chi connectivity index (χ0n) is 9.79. The second kappa shape index (κ2) is 4.47. The summed E-state index contributed by atoms with van der Waals surface area (Å²) in [5.74, 6) is 1.14. The van der Waals surface area contributed by atoms with E-state index in [0.29, 0.717) is 30.4 Å². The van der Waals surface area contributed by atoms with Crippen LogP contribution < -0.4 is 14.2 Å². The van der Waals surface area contributed by atoms with Gasteiger partial charge in [0.1, 0.15) is 18.1 Å². The quantitative estimate of drug-likeness (QED) is 0.874. The summed E-state index contributed by atoms with van der Waals surface area (Å²) in [7, 11) is -3.64. The Bertz CT molecular complexity index is 682. The van der Waals surface area contributed by atoms with Crippen molar-refractivity contribution in [2.24, 2.45) is 0 Å². The van der Waals surface area contributed by atoms with Gasteiger partial charge in [-0.2, -0.15) is 5.10 Å². The smallest absolute Gasteiger partial charge is 0.265 e. The molecule has 19 heavy (non-hydrogen) atoms. The molecule has 1 aliphatic rings. The van der Waals surface area contributed by atoms with E-state index in [2.05, 4.69) is 14.9 Å². The summed E-state index contributed by atoms with van der Waals surface area (Å²) in [5.41, 5.74) is 0.408. The van der Waals surface area contributed by atoms with Crippen molar-refractivity contribution in [1.29, 1.82) is 0 Å². The van der Waals surface area contributed by atoms with E-state index in [1.54, 1.807) is 18.2 Å². The number of anilines is 1. The molecule has 3 rings (SSSR count). The standard InChI is InChI=1S/C11H11N3O4S/c15-19(16,9-6-12-13-7-9)14-8-1-2-10-11(5-8)18-4-3-17-10/h1-2,5-7,14H,3-4H2,(H,12,13). The number of fused-ring (bicyclic) bond motifs is 1. The van der Waals surface area contributed by atoms with E-state index in [1.165, 1.54) is 12.4 Å². The summed E-state index contributed by atoms with van der Waals surface area (Å²) < 4.78 is 37.2. The van der Waals surface area contributed by atoms with Gasteiger partial charge in [-0.25, -0.2) is 8.42 Å². The SMILES string of the molecule is O=S(=O)(Nc1ccc2c(c1)OCCO2)c1cn[nH]c1. The van der Waals surface area contributed by atoms with Crippen LogP contribution in [0.3, 0.4) is 0 Å². The molecular formula is C11H11N3O4S. The van der Waals surface area contributed by atoms with Crippen molar-refractivity contribution < 1.29 is 17.9 Å². The monoisotopic (exact) mass is 281 g/mol. The second-order valence-corrected chi connectivity index (χ2v) is 5.58. The number of hydrogen-bond acceptors (Lipinski definition) is 5. The second-order valence-electron chi connectivity index (χ2n) is 3.90. The molecule has 100 valence electrons. The minimum Gasteiger partial charge on any atom is -0.486 e. The summed E-state index contributed by atoms with van der Waals surface area (Å²) in [6, 6.07) is 4.87. The van der Waals surface area contributed by atoms with Crippen LogP contribution in [0.25, 0.3) is 0 Å². The number of H-pyrrole nitrogens is 1. The summed E-state index contributed by atoms with van der Waals surface area (Å²) in [4.78, 5) is 0.0717. The third-order valence-corrected chi connectivity index (χ3v) is 3.93. The lowest BCUT2D eigenvalue weighted by Crippen LogP contribution is -2.16. The number of aromatic amines is 1. The first-order valence-electron chi connectivity index (χ1n) is 5.56. The van der Waals surface area contributed by atoms with Crippen molar-refractivity contribution in [3.63, 3.8) is 0 Å². The van der Waals surface area contributed by atoms with Gasteiger partial charge in [0, 0.05) is 12.3 Å². The molecule has 8 heteroatoms. The molecule has 2 N–H and O–H groups in total. The van der Waals surface area contributed by atoms with Crippen LogP contribution in [-0.4, -0.2) is 31.8 Å². The van der Waals surface area contributed by atoms with Crippen LogP contribution in [0.2, 0.25) is 0 Å². The van der Waals surface area contributed by atoms with Gasteiger partial charge in [-0.1, -0.05) is 0 Å². The molecule has 2 aromatic rings. The molecule has 0 fully saturated rings. The van der Waals surface area contributed by atoms with Crippen LogP contribution in [0.4, 0.5) is 5.69 Å². The molecule has 0 atom stereocenters. The lowest BCUT2D eigenvalue weighted by Gasteiger charge is -2.19. The number of nitrogens with zero attached hydrogens (tertiary/aromatic N) is 1. The van der Waals surface area contributed by atoms with E-state index >= 15 is 0 Å². The summed E-state index contributed by atoms with van der Waals surface area (Å²) in [6.07, 6.45) is 2.54. The van der Waals surface area contributed by atoms with E-state index in [-0.39, 0.29) is 4.90 Å². The first-order valence-corrected chi connectivity index (χ1v) is 7.05. The van der Waals surface area contributed by atoms with Crippen LogP contribution in [0.5, 0.6) is 11.5 Å². The normalized spacial score (nSPS) is 14.1. The Morgan fingerprint density at radius 3 is 2.74 bits per heavy atom. The highest BCUT2D eigenvalue weighted by atomic mass is 32.2. The zero-order valence-corrected chi connectivity index (χ0v) is 10.6. The number of hydrogen-bond donors (Lipinski definition) is 2. The Morgan fingerprint density at radius 2 is 2.00 bits per heavy atom. The van der Waals surface area contributed by atoms with Crippen LogP contribution in [0.1, 0.15) is 0 Å². The molecule has 0 unspecified atom stereocenters. The fourth-order valence-electron chi connectivity index (χ4n) is 1.71. The Hall–Kier alpha value is -2.22. The molecule has 0 amide bonds. The molecule has 0 saturated heterocycles. The Labute approximate surface area is 109 Å². The van der Waals surface area contributed by atoms with Gasteiger partial charge in [0.2, 0.25) is 0 Å². The van der Waals surface area contributed by atoms with Gasteiger partial charge in [-0.3, -0.25) is 9.82 Å². The number of nitrogens with one attached hydrogen (secondary N) is 2. The molecule has 0 aliphatic carbocycles. The van der Waals surface area contributed by atoms with Crippen molar-refractivity contribution in [3.05, 3.63) is 30.6 Å². The van der Waals surface area contributed by atoms with E-state index in [4.69, 9.17) is 9.47 Å². The third kappa shape index (κ3) is 2.34. The maximum absolute atomic E-state index is 12.0. The first-order chi connectivity index (χ1) is 9.15. The van der Waals surface area contributed by atoms with E-state index < -0.39 is 10.0 Å². The minimum atomic E-state index is -3.64. The number of aromatic nitrogens is 2. The van der Waals surface area contributed by atoms with Gasteiger partial charge in [0.15, 0.2) is 11.5 Å². The van der Waals surface area contributed by atoms with E-state index in [1.807, 2.05) is 0 Å². The van der Waals surface area contributed by atoms with Gasteiger partial charge in [-0.05, 0) is 12.1 Å². The Morgan fingerprint density at radius 1 is 1.21 bits per heavy atom. The van der Waals surface area contributed by atoms with Gasteiger partial charge >= 0.3 is 0 Å². The fraction of sp³-hybridized carbons (Fsp3) is 0.182. The molecule has 0 saturated carbocycles. The van der Waals surface area contributed by atoms with Crippen molar-refractivity contribution in [1.82, 2.24) is 10.2 Å². The Kier molecular flexibility index (Phi) is 2.79. The molecule has 7 nitrogen and oxygen atoms in total. The van der Waals surface area contributed by atoms with Crippen molar-refractivity contribution in [2.75, 3.05) is 17.9 Å². The van der Waals surface area contributed by atoms with Crippen LogP contribution in [-0.2, 0) is 10.0 Å². The molecule has 1 aromatic carbocycles. The molecule has 1 aliphatic heterocycles. The molecule has 0 bridgehead atoms. The van der Waals surface area contributed by atoms with Gasteiger partial charge in [-0.15, -0.1) is 0 Å². The lowest BCUT2D eigenvalue weighted by molar-refractivity contribution is 0.171. The highest BCUT2D eigenvalue weighted by Gasteiger charge is 2.17. The predicted molar refractivity (Wildman–Crippen MR) is 66.8 cm³/mol. The fourth-order valence-corrected chi connectivity index (χ4v) is 2.66. The molecule has 0 spiro atoms.